The summed E-state index contributed by atoms with van der Waals surface area (Å²) in [4.78, 5) is 27.5. The van der Waals surface area contributed by atoms with Gasteiger partial charge in [0.05, 0.1) is 13.7 Å². The molecule has 4 rings (SSSR count). The molecular weight excluding hydrogens is 366 g/mol. The van der Waals surface area contributed by atoms with E-state index in [1.54, 1.807) is 73.8 Å². The largest absolute Gasteiger partial charge is 0.508 e. The Morgan fingerprint density at radius 3 is 2.31 bits per heavy atom. The SMILES string of the molecule is COc1ccc(CN2C(=O)/C(=C\c3cccc(O)c3)c3ccccc3C2=O)cc1. The molecule has 1 N–H and O–H groups in total. The van der Waals surface area contributed by atoms with Gasteiger partial charge in [-0.25, -0.2) is 0 Å². The van der Waals surface area contributed by atoms with Crippen LogP contribution < -0.4 is 4.74 Å². The third-order valence-electron chi connectivity index (χ3n) is 4.85. The fraction of sp³-hybridized carbons (Fsp3) is 0.0833. The molecule has 5 nitrogen and oxygen atoms in total. The molecule has 0 aromatic heterocycles. The summed E-state index contributed by atoms with van der Waals surface area (Å²) >= 11 is 0. The molecule has 3 aromatic rings. The smallest absolute Gasteiger partial charge is 0.261 e. The van der Waals surface area contributed by atoms with E-state index in [-0.39, 0.29) is 24.1 Å². The number of fused-ring (bicyclic) bond motifs is 1. The second kappa shape index (κ2) is 7.64. The molecule has 1 heterocycles. The Labute approximate surface area is 168 Å². The van der Waals surface area contributed by atoms with E-state index in [4.69, 9.17) is 4.74 Å². The number of ether oxygens (including phenoxy) is 1. The lowest BCUT2D eigenvalue weighted by atomic mass is 9.91. The highest BCUT2D eigenvalue weighted by Crippen LogP contribution is 2.32. The minimum absolute atomic E-state index is 0.113. The molecule has 3 aromatic carbocycles. The van der Waals surface area contributed by atoms with Gasteiger partial charge in [0.1, 0.15) is 11.5 Å². The van der Waals surface area contributed by atoms with Crippen LogP contribution in [0.3, 0.4) is 0 Å². The zero-order valence-corrected chi connectivity index (χ0v) is 15.8. The van der Waals surface area contributed by atoms with Crippen molar-refractivity contribution in [3.05, 3.63) is 95.1 Å². The normalized spacial score (nSPS) is 14.8. The molecule has 5 heteroatoms. The van der Waals surface area contributed by atoms with Gasteiger partial charge >= 0.3 is 0 Å². The van der Waals surface area contributed by atoms with Crippen LogP contribution in [0.2, 0.25) is 0 Å². The quantitative estimate of drug-likeness (QED) is 0.542. The summed E-state index contributed by atoms with van der Waals surface area (Å²) in [5.41, 5.74) is 2.99. The number of phenolic OH excluding ortho intramolecular Hbond substituents is 1. The Balaban J connectivity index is 1.76. The van der Waals surface area contributed by atoms with Crippen molar-refractivity contribution in [2.45, 2.75) is 6.54 Å². The van der Waals surface area contributed by atoms with Gasteiger partial charge in [0.25, 0.3) is 11.8 Å². The highest BCUT2D eigenvalue weighted by molar-refractivity contribution is 6.33. The number of nitrogens with zero attached hydrogens (tertiary/aromatic N) is 1. The van der Waals surface area contributed by atoms with Crippen molar-refractivity contribution in [1.82, 2.24) is 4.90 Å². The van der Waals surface area contributed by atoms with Crippen molar-refractivity contribution in [3.63, 3.8) is 0 Å². The van der Waals surface area contributed by atoms with Gasteiger partial charge in [-0.05, 0) is 53.1 Å². The van der Waals surface area contributed by atoms with Crippen LogP contribution in [-0.4, -0.2) is 28.9 Å². The van der Waals surface area contributed by atoms with E-state index < -0.39 is 0 Å². The standard InChI is InChI=1S/C24H19NO4/c1-29-19-11-9-16(10-12-19)15-25-23(27)21-8-3-2-7-20(21)22(24(25)28)14-17-5-4-6-18(26)13-17/h2-14,26H,15H2,1H3/b22-14-. The van der Waals surface area contributed by atoms with Gasteiger partial charge in [-0.1, -0.05) is 42.5 Å². The van der Waals surface area contributed by atoms with Gasteiger partial charge < -0.3 is 9.84 Å². The molecule has 0 unspecified atom stereocenters. The lowest BCUT2D eigenvalue weighted by Crippen LogP contribution is -2.41. The Bertz CT molecular complexity index is 1120. The lowest BCUT2D eigenvalue weighted by Gasteiger charge is -2.28. The van der Waals surface area contributed by atoms with E-state index in [2.05, 4.69) is 0 Å². The van der Waals surface area contributed by atoms with Crippen molar-refractivity contribution >= 4 is 23.5 Å². The van der Waals surface area contributed by atoms with Crippen LogP contribution in [0.1, 0.15) is 27.0 Å². The molecule has 0 saturated heterocycles. The second-order valence-electron chi connectivity index (χ2n) is 6.74. The van der Waals surface area contributed by atoms with Gasteiger partial charge in [0, 0.05) is 11.1 Å². The molecule has 29 heavy (non-hydrogen) atoms. The van der Waals surface area contributed by atoms with Crippen LogP contribution >= 0.6 is 0 Å². The Morgan fingerprint density at radius 2 is 1.62 bits per heavy atom. The maximum absolute atomic E-state index is 13.3. The average Bonchev–Trinajstić information content (AvgIpc) is 2.75. The number of imide groups is 1. The van der Waals surface area contributed by atoms with Gasteiger partial charge in [-0.2, -0.15) is 0 Å². The summed E-state index contributed by atoms with van der Waals surface area (Å²) in [6, 6.07) is 21.0. The van der Waals surface area contributed by atoms with Crippen LogP contribution in [-0.2, 0) is 11.3 Å². The number of amides is 2. The van der Waals surface area contributed by atoms with Gasteiger partial charge in [-0.3, -0.25) is 14.5 Å². The van der Waals surface area contributed by atoms with Gasteiger partial charge in [-0.15, -0.1) is 0 Å². The highest BCUT2D eigenvalue weighted by Gasteiger charge is 2.34. The predicted molar refractivity (Wildman–Crippen MR) is 110 cm³/mol. The first kappa shape index (κ1) is 18.5. The number of carbonyl (C=O) groups is 2. The molecule has 0 bridgehead atoms. The summed E-state index contributed by atoms with van der Waals surface area (Å²) in [7, 11) is 1.59. The van der Waals surface area contributed by atoms with Crippen molar-refractivity contribution in [1.29, 1.82) is 0 Å². The third kappa shape index (κ3) is 3.62. The van der Waals surface area contributed by atoms with Crippen LogP contribution in [0.15, 0.2) is 72.8 Å². The molecule has 1 aliphatic heterocycles. The number of carbonyl (C=O) groups excluding carboxylic acids is 2. The molecule has 0 atom stereocenters. The van der Waals surface area contributed by atoms with Crippen molar-refractivity contribution in [2.24, 2.45) is 0 Å². The highest BCUT2D eigenvalue weighted by atomic mass is 16.5. The lowest BCUT2D eigenvalue weighted by molar-refractivity contribution is -0.123. The summed E-state index contributed by atoms with van der Waals surface area (Å²) in [6.07, 6.45) is 1.70. The van der Waals surface area contributed by atoms with Crippen molar-refractivity contribution in [3.8, 4) is 11.5 Å². The third-order valence-corrected chi connectivity index (χ3v) is 4.85. The van der Waals surface area contributed by atoms with E-state index in [1.807, 2.05) is 12.1 Å². The van der Waals surface area contributed by atoms with Crippen molar-refractivity contribution in [2.75, 3.05) is 7.11 Å². The second-order valence-corrected chi connectivity index (χ2v) is 6.74. The fourth-order valence-electron chi connectivity index (χ4n) is 3.38. The number of aromatic hydroxyl groups is 1. The Hall–Kier alpha value is -3.86. The minimum Gasteiger partial charge on any atom is -0.508 e. The summed E-state index contributed by atoms with van der Waals surface area (Å²) in [5, 5.41) is 9.75. The first-order chi connectivity index (χ1) is 14.1. The van der Waals surface area contributed by atoms with E-state index in [0.29, 0.717) is 28.0 Å². The fourth-order valence-corrected chi connectivity index (χ4v) is 3.38. The Morgan fingerprint density at radius 1 is 0.897 bits per heavy atom. The molecule has 144 valence electrons. The summed E-state index contributed by atoms with van der Waals surface area (Å²) < 4.78 is 5.16. The molecule has 1 aliphatic rings. The van der Waals surface area contributed by atoms with E-state index in [9.17, 15) is 14.7 Å². The molecule has 0 aliphatic carbocycles. The molecule has 0 spiro atoms. The van der Waals surface area contributed by atoms with Gasteiger partial charge in [0.2, 0.25) is 0 Å². The number of hydrogen-bond acceptors (Lipinski definition) is 4. The summed E-state index contributed by atoms with van der Waals surface area (Å²) in [5.74, 6) is 0.129. The molecular formula is C24H19NO4. The maximum Gasteiger partial charge on any atom is 0.261 e. The van der Waals surface area contributed by atoms with Crippen molar-refractivity contribution < 1.29 is 19.4 Å². The maximum atomic E-state index is 13.3. The number of benzene rings is 3. The molecule has 0 radical (unpaired) electrons. The van der Waals surface area contributed by atoms with E-state index >= 15 is 0 Å². The van der Waals surface area contributed by atoms with Crippen LogP contribution in [0.4, 0.5) is 0 Å². The van der Waals surface area contributed by atoms with E-state index in [1.165, 1.54) is 4.90 Å². The van der Waals surface area contributed by atoms with Gasteiger partial charge in [0.15, 0.2) is 0 Å². The topological polar surface area (TPSA) is 66.8 Å². The molecule has 0 saturated carbocycles. The van der Waals surface area contributed by atoms with E-state index in [0.717, 1.165) is 5.56 Å². The monoisotopic (exact) mass is 385 g/mol. The zero-order valence-electron chi connectivity index (χ0n) is 15.8. The average molecular weight is 385 g/mol. The number of rotatable bonds is 4. The minimum atomic E-state index is -0.368. The van der Waals surface area contributed by atoms with Crippen LogP contribution in [0.25, 0.3) is 11.6 Å². The van der Waals surface area contributed by atoms with Crippen LogP contribution in [0.5, 0.6) is 11.5 Å². The predicted octanol–water partition coefficient (Wildman–Crippen LogP) is 4.12. The first-order valence-electron chi connectivity index (χ1n) is 9.16. The summed E-state index contributed by atoms with van der Waals surface area (Å²) in [6.45, 7) is 0.160. The first-order valence-corrected chi connectivity index (χ1v) is 9.16. The number of phenols is 1. The molecule has 2 amide bonds. The number of methoxy groups -OCH3 is 1. The van der Waals surface area contributed by atoms with Crippen LogP contribution in [0, 0.1) is 0 Å². The molecule has 0 fully saturated rings. The Kier molecular flexibility index (Phi) is 4.87. The zero-order chi connectivity index (χ0) is 20.4. The number of hydrogen-bond donors (Lipinski definition) is 1.